The molecule has 3 aromatic rings. The van der Waals surface area contributed by atoms with E-state index in [-0.39, 0.29) is 5.91 Å². The van der Waals surface area contributed by atoms with E-state index in [1.807, 2.05) is 34.0 Å². The predicted octanol–water partition coefficient (Wildman–Crippen LogP) is 3.73. The van der Waals surface area contributed by atoms with E-state index in [9.17, 15) is 4.79 Å². The molecule has 0 bridgehead atoms. The zero-order valence-corrected chi connectivity index (χ0v) is 16.9. The van der Waals surface area contributed by atoms with Crippen molar-refractivity contribution in [3.8, 4) is 0 Å². The SMILES string of the molecule is Cc1ccc2cnn(CCC(=O)N3CCN(Cc4ccccc4Cl)CC3)c2c1. The van der Waals surface area contributed by atoms with Crippen LogP contribution in [0, 0.1) is 6.92 Å². The maximum absolute atomic E-state index is 12.7. The van der Waals surface area contributed by atoms with Gasteiger partial charge in [-0.2, -0.15) is 5.10 Å². The van der Waals surface area contributed by atoms with Crippen LogP contribution in [0.1, 0.15) is 17.5 Å². The first-order valence-electron chi connectivity index (χ1n) is 9.76. The third kappa shape index (κ3) is 4.21. The molecule has 1 fully saturated rings. The fraction of sp³-hybridized carbons (Fsp3) is 0.364. The number of amides is 1. The van der Waals surface area contributed by atoms with Crippen LogP contribution in [0.4, 0.5) is 0 Å². The molecule has 0 radical (unpaired) electrons. The third-order valence-corrected chi connectivity index (χ3v) is 5.78. The van der Waals surface area contributed by atoms with E-state index in [1.165, 1.54) is 5.56 Å². The highest BCUT2D eigenvalue weighted by Crippen LogP contribution is 2.19. The summed E-state index contributed by atoms with van der Waals surface area (Å²) < 4.78 is 1.94. The summed E-state index contributed by atoms with van der Waals surface area (Å²) in [7, 11) is 0. The maximum atomic E-state index is 12.7. The van der Waals surface area contributed by atoms with Crippen LogP contribution in [0.3, 0.4) is 0 Å². The molecule has 0 aliphatic carbocycles. The molecule has 2 heterocycles. The van der Waals surface area contributed by atoms with Gasteiger partial charge in [-0.1, -0.05) is 41.9 Å². The monoisotopic (exact) mass is 396 g/mol. The van der Waals surface area contributed by atoms with Gasteiger partial charge in [-0.3, -0.25) is 14.4 Å². The lowest BCUT2D eigenvalue weighted by Crippen LogP contribution is -2.48. The van der Waals surface area contributed by atoms with Crippen LogP contribution in [-0.4, -0.2) is 51.7 Å². The molecule has 1 aromatic heterocycles. The minimum Gasteiger partial charge on any atom is -0.340 e. The van der Waals surface area contributed by atoms with Crippen molar-refractivity contribution >= 4 is 28.4 Å². The van der Waals surface area contributed by atoms with Gasteiger partial charge in [0.05, 0.1) is 18.3 Å². The van der Waals surface area contributed by atoms with Gasteiger partial charge >= 0.3 is 0 Å². The average Bonchev–Trinajstić information content (AvgIpc) is 3.10. The molecule has 1 saturated heterocycles. The molecule has 28 heavy (non-hydrogen) atoms. The molecule has 4 rings (SSSR count). The third-order valence-electron chi connectivity index (χ3n) is 5.41. The number of aromatic nitrogens is 2. The number of carbonyl (C=O) groups is 1. The van der Waals surface area contributed by atoms with Crippen molar-refractivity contribution in [1.29, 1.82) is 0 Å². The lowest BCUT2D eigenvalue weighted by Gasteiger charge is -2.35. The summed E-state index contributed by atoms with van der Waals surface area (Å²) in [6, 6.07) is 14.2. The highest BCUT2D eigenvalue weighted by atomic mass is 35.5. The van der Waals surface area contributed by atoms with Gasteiger partial charge in [-0.15, -0.1) is 0 Å². The number of aryl methyl sites for hydroxylation is 2. The molecule has 0 spiro atoms. The number of benzene rings is 2. The van der Waals surface area contributed by atoms with E-state index in [0.717, 1.165) is 54.2 Å². The molecule has 0 N–H and O–H groups in total. The summed E-state index contributed by atoms with van der Waals surface area (Å²) in [6.45, 7) is 6.81. The second kappa shape index (κ2) is 8.33. The number of fused-ring (bicyclic) bond motifs is 1. The highest BCUT2D eigenvalue weighted by Gasteiger charge is 2.21. The molecule has 0 saturated carbocycles. The zero-order chi connectivity index (χ0) is 19.5. The Bertz CT molecular complexity index is 976. The Morgan fingerprint density at radius 2 is 1.89 bits per heavy atom. The molecule has 146 valence electrons. The van der Waals surface area contributed by atoms with E-state index >= 15 is 0 Å². The van der Waals surface area contributed by atoms with Crippen molar-refractivity contribution in [3.05, 3.63) is 64.8 Å². The minimum atomic E-state index is 0.202. The van der Waals surface area contributed by atoms with Gasteiger partial charge in [0.1, 0.15) is 0 Å². The molecule has 0 unspecified atom stereocenters. The van der Waals surface area contributed by atoms with Crippen LogP contribution in [0.2, 0.25) is 5.02 Å². The van der Waals surface area contributed by atoms with Gasteiger partial charge in [0, 0.05) is 49.6 Å². The first kappa shape index (κ1) is 19.0. The van der Waals surface area contributed by atoms with E-state index in [0.29, 0.717) is 13.0 Å². The van der Waals surface area contributed by atoms with Crippen LogP contribution in [-0.2, 0) is 17.9 Å². The van der Waals surface area contributed by atoms with Crippen LogP contribution < -0.4 is 0 Å². The van der Waals surface area contributed by atoms with Crippen molar-refractivity contribution in [3.63, 3.8) is 0 Å². The molecule has 1 aliphatic rings. The van der Waals surface area contributed by atoms with Gasteiger partial charge in [0.15, 0.2) is 0 Å². The maximum Gasteiger partial charge on any atom is 0.224 e. The number of nitrogens with zero attached hydrogens (tertiary/aromatic N) is 4. The van der Waals surface area contributed by atoms with Crippen LogP contribution in [0.5, 0.6) is 0 Å². The smallest absolute Gasteiger partial charge is 0.224 e. The fourth-order valence-corrected chi connectivity index (χ4v) is 3.94. The minimum absolute atomic E-state index is 0.202. The Morgan fingerprint density at radius 1 is 1.11 bits per heavy atom. The number of hydrogen-bond donors (Lipinski definition) is 0. The van der Waals surface area contributed by atoms with Crippen molar-refractivity contribution in [2.24, 2.45) is 0 Å². The number of piperazine rings is 1. The molecular weight excluding hydrogens is 372 g/mol. The summed E-state index contributed by atoms with van der Waals surface area (Å²) in [5, 5.41) is 6.37. The van der Waals surface area contributed by atoms with Gasteiger partial charge < -0.3 is 4.90 Å². The molecular formula is C22H25ClN4O. The molecule has 1 aliphatic heterocycles. The first-order chi connectivity index (χ1) is 13.6. The number of halogens is 1. The summed E-state index contributed by atoms with van der Waals surface area (Å²) in [4.78, 5) is 17.0. The molecule has 0 atom stereocenters. The molecule has 6 heteroatoms. The zero-order valence-electron chi connectivity index (χ0n) is 16.1. The van der Waals surface area contributed by atoms with Crippen molar-refractivity contribution in [1.82, 2.24) is 19.6 Å². The second-order valence-electron chi connectivity index (χ2n) is 7.43. The predicted molar refractivity (Wildman–Crippen MR) is 112 cm³/mol. The number of rotatable bonds is 5. The summed E-state index contributed by atoms with van der Waals surface area (Å²) >= 11 is 6.26. The summed E-state index contributed by atoms with van der Waals surface area (Å²) in [5.74, 6) is 0.202. The lowest BCUT2D eigenvalue weighted by atomic mass is 10.2. The van der Waals surface area contributed by atoms with Crippen LogP contribution in [0.25, 0.3) is 10.9 Å². The van der Waals surface area contributed by atoms with E-state index in [2.05, 4.69) is 41.2 Å². The largest absolute Gasteiger partial charge is 0.340 e. The Balaban J connectivity index is 1.29. The Labute approximate surface area is 170 Å². The second-order valence-corrected chi connectivity index (χ2v) is 7.84. The Morgan fingerprint density at radius 3 is 2.68 bits per heavy atom. The highest BCUT2D eigenvalue weighted by molar-refractivity contribution is 6.31. The summed E-state index contributed by atoms with van der Waals surface area (Å²) in [5.41, 5.74) is 3.44. The van der Waals surface area contributed by atoms with E-state index < -0.39 is 0 Å². The van der Waals surface area contributed by atoms with Gasteiger partial charge in [0.2, 0.25) is 5.91 Å². The van der Waals surface area contributed by atoms with Crippen LogP contribution >= 0.6 is 11.6 Å². The molecule has 1 amide bonds. The Hall–Kier alpha value is -2.37. The van der Waals surface area contributed by atoms with Crippen molar-refractivity contribution in [2.75, 3.05) is 26.2 Å². The van der Waals surface area contributed by atoms with Gasteiger partial charge in [-0.25, -0.2) is 0 Å². The number of hydrogen-bond acceptors (Lipinski definition) is 3. The van der Waals surface area contributed by atoms with Gasteiger partial charge in [-0.05, 0) is 30.2 Å². The topological polar surface area (TPSA) is 41.4 Å². The fourth-order valence-electron chi connectivity index (χ4n) is 3.74. The quantitative estimate of drug-likeness (QED) is 0.659. The molecule has 2 aromatic carbocycles. The van der Waals surface area contributed by atoms with E-state index in [1.54, 1.807) is 0 Å². The van der Waals surface area contributed by atoms with Crippen molar-refractivity contribution < 1.29 is 4.79 Å². The average molecular weight is 397 g/mol. The van der Waals surface area contributed by atoms with Crippen LogP contribution in [0.15, 0.2) is 48.7 Å². The standard InChI is InChI=1S/C22H25ClN4O/c1-17-6-7-18-15-24-27(21(18)14-17)9-8-22(28)26-12-10-25(11-13-26)16-19-4-2-3-5-20(19)23/h2-7,14-15H,8-13,16H2,1H3. The number of carbonyl (C=O) groups excluding carboxylic acids is 1. The first-order valence-corrected chi connectivity index (χ1v) is 10.1. The van der Waals surface area contributed by atoms with Crippen molar-refractivity contribution in [2.45, 2.75) is 26.4 Å². The Kier molecular flexibility index (Phi) is 5.64. The normalized spacial score (nSPS) is 15.3. The summed E-state index contributed by atoms with van der Waals surface area (Å²) in [6.07, 6.45) is 2.35. The van der Waals surface area contributed by atoms with E-state index in [4.69, 9.17) is 11.6 Å². The van der Waals surface area contributed by atoms with Gasteiger partial charge in [0.25, 0.3) is 0 Å². The molecule has 5 nitrogen and oxygen atoms in total. The lowest BCUT2D eigenvalue weighted by molar-refractivity contribution is -0.133.